The summed E-state index contributed by atoms with van der Waals surface area (Å²) in [5, 5.41) is 3.13. The lowest BCUT2D eigenvalue weighted by molar-refractivity contribution is -0.957. The van der Waals surface area contributed by atoms with Gasteiger partial charge in [-0.25, -0.2) is 8.42 Å². The van der Waals surface area contributed by atoms with Crippen molar-refractivity contribution in [3.8, 4) is 0 Å². The number of hydrogen-bond donors (Lipinski definition) is 2. The van der Waals surface area contributed by atoms with Gasteiger partial charge in [0, 0.05) is 29.5 Å². The first-order valence-corrected chi connectivity index (χ1v) is 13.6. The molecule has 2 aliphatic heterocycles. The Labute approximate surface area is 195 Å². The summed E-state index contributed by atoms with van der Waals surface area (Å²) < 4.78 is 26.4. The number of piperidine rings is 1. The van der Waals surface area contributed by atoms with Crippen LogP contribution in [0.5, 0.6) is 0 Å². The van der Waals surface area contributed by atoms with E-state index in [-0.39, 0.29) is 43.7 Å². The Morgan fingerprint density at radius 1 is 0.879 bits per heavy atom. The predicted octanol–water partition coefficient (Wildman–Crippen LogP) is 2.57. The Morgan fingerprint density at radius 2 is 1.55 bits per heavy atom. The lowest BCUT2D eigenvalue weighted by Gasteiger charge is -2.45. The number of rotatable bonds is 4. The van der Waals surface area contributed by atoms with Gasteiger partial charge in [-0.15, -0.1) is 0 Å². The number of likely N-dealkylation sites (tertiary alicyclic amines) is 1. The summed E-state index contributed by atoms with van der Waals surface area (Å²) in [6, 6.07) is 10.7. The zero-order valence-electron chi connectivity index (χ0n) is 18.9. The first-order valence-electron chi connectivity index (χ1n) is 12.1. The van der Waals surface area contributed by atoms with Gasteiger partial charge in [0.15, 0.2) is 5.78 Å². The molecule has 1 amide bonds. The number of hydrogen-bond acceptors (Lipinski definition) is 4. The number of carbonyl (C=O) groups is 2. The smallest absolute Gasteiger partial charge is 0.251 e. The molecule has 0 bridgehead atoms. The third-order valence-electron chi connectivity index (χ3n) is 7.80. The summed E-state index contributed by atoms with van der Waals surface area (Å²) in [6.07, 6.45) is 9.64. The van der Waals surface area contributed by atoms with Crippen molar-refractivity contribution >= 4 is 21.5 Å². The third-order valence-corrected chi connectivity index (χ3v) is 9.66. The molecule has 0 atom stereocenters. The summed E-state index contributed by atoms with van der Waals surface area (Å²) in [7, 11) is -3.86. The molecule has 2 heterocycles. The molecule has 174 valence electrons. The van der Waals surface area contributed by atoms with Crippen LogP contribution in [0.25, 0.3) is 0 Å². The van der Waals surface area contributed by atoms with Crippen molar-refractivity contribution in [3.05, 3.63) is 59.2 Å². The molecular formula is C26H31N2O4S+. The molecule has 2 fully saturated rings. The molecule has 33 heavy (non-hydrogen) atoms. The first-order chi connectivity index (χ1) is 15.9. The molecule has 2 N–H and O–H groups in total. The Kier molecular flexibility index (Phi) is 5.87. The highest BCUT2D eigenvalue weighted by Crippen LogP contribution is 2.35. The molecule has 1 saturated carbocycles. The van der Waals surface area contributed by atoms with Gasteiger partial charge < -0.3 is 10.2 Å². The van der Waals surface area contributed by atoms with E-state index in [4.69, 9.17) is 0 Å². The van der Waals surface area contributed by atoms with Crippen LogP contribution in [0, 0.1) is 0 Å². The Morgan fingerprint density at radius 3 is 2.30 bits per heavy atom. The van der Waals surface area contributed by atoms with Crippen molar-refractivity contribution in [2.45, 2.75) is 66.7 Å². The van der Waals surface area contributed by atoms with Crippen molar-refractivity contribution in [1.82, 2.24) is 5.32 Å². The molecule has 0 radical (unpaired) electrons. The van der Waals surface area contributed by atoms with Gasteiger partial charge in [0.1, 0.15) is 5.54 Å². The summed E-state index contributed by atoms with van der Waals surface area (Å²) >= 11 is 0. The van der Waals surface area contributed by atoms with Gasteiger partial charge in [-0.3, -0.25) is 9.59 Å². The van der Waals surface area contributed by atoms with Crippen LogP contribution >= 0.6 is 0 Å². The number of carbonyl (C=O) groups excluding carboxylic acids is 2. The lowest BCUT2D eigenvalue weighted by atomic mass is 9.79. The third kappa shape index (κ3) is 3.91. The highest BCUT2D eigenvalue weighted by atomic mass is 32.2. The van der Waals surface area contributed by atoms with E-state index in [1.54, 1.807) is 23.1 Å². The van der Waals surface area contributed by atoms with E-state index in [0.717, 1.165) is 25.9 Å². The van der Waals surface area contributed by atoms with E-state index in [0.29, 0.717) is 6.54 Å². The highest BCUT2D eigenvalue weighted by Gasteiger charge is 2.42. The molecule has 1 aliphatic carbocycles. The number of quaternary nitrogens is 1. The Balaban J connectivity index is 1.40. The molecule has 0 spiro atoms. The lowest BCUT2D eigenvalue weighted by Crippen LogP contribution is -3.22. The van der Waals surface area contributed by atoms with Gasteiger partial charge in [-0.1, -0.05) is 18.6 Å². The Hall–Kier alpha value is -2.51. The van der Waals surface area contributed by atoms with Crippen LogP contribution in [-0.2, 0) is 9.84 Å². The van der Waals surface area contributed by atoms with Gasteiger partial charge in [-0.05, 0) is 62.4 Å². The maximum atomic E-state index is 13.2. The molecule has 1 saturated heterocycles. The average Bonchev–Trinajstić information content (AvgIpc) is 2.87. The number of ketones is 1. The zero-order chi connectivity index (χ0) is 23.1. The maximum absolute atomic E-state index is 13.2. The predicted molar refractivity (Wildman–Crippen MR) is 124 cm³/mol. The maximum Gasteiger partial charge on any atom is 0.251 e. The van der Waals surface area contributed by atoms with Crippen LogP contribution in [0.3, 0.4) is 0 Å². The van der Waals surface area contributed by atoms with Crippen molar-refractivity contribution in [3.63, 3.8) is 0 Å². The second-order valence-electron chi connectivity index (χ2n) is 9.73. The molecule has 6 nitrogen and oxygen atoms in total. The summed E-state index contributed by atoms with van der Waals surface area (Å²) in [5.41, 5.74) is 0.672. The van der Waals surface area contributed by atoms with Crippen LogP contribution in [0.15, 0.2) is 52.3 Å². The van der Waals surface area contributed by atoms with Gasteiger partial charge in [-0.2, -0.15) is 0 Å². The average molecular weight is 468 g/mol. The number of sulfone groups is 1. The quantitative estimate of drug-likeness (QED) is 0.618. The summed E-state index contributed by atoms with van der Waals surface area (Å²) in [6.45, 7) is 2.93. The van der Waals surface area contributed by atoms with Crippen molar-refractivity contribution in [2.24, 2.45) is 0 Å². The fourth-order valence-corrected chi connectivity index (χ4v) is 7.65. The number of amides is 1. The van der Waals surface area contributed by atoms with Crippen LogP contribution in [0.4, 0.5) is 0 Å². The molecule has 2 aromatic carbocycles. The minimum absolute atomic E-state index is 0.00918. The van der Waals surface area contributed by atoms with E-state index in [1.165, 1.54) is 62.8 Å². The zero-order valence-corrected chi connectivity index (χ0v) is 19.7. The number of nitrogens with one attached hydrogen (secondary N) is 2. The fraction of sp³-hybridized carbons (Fsp3) is 0.462. The monoisotopic (exact) mass is 467 g/mol. The second kappa shape index (κ2) is 8.69. The normalized spacial score (nSPS) is 21.6. The SMILES string of the molecule is O=C(NCC1([NH+]2CCCCC2)CCCCC1)c1ccc2c(c1)S(=O)(=O)c1ccccc1C2=O. The van der Waals surface area contributed by atoms with Crippen molar-refractivity contribution < 1.29 is 22.9 Å². The fourth-order valence-electron chi connectivity index (χ4n) is 5.97. The standard InChI is InChI=1S/C26H30N2O4S/c29-24-20-9-3-4-10-22(20)33(31,32)23-17-19(11-12-21(23)24)25(30)27-18-26(13-5-1-6-14-26)28-15-7-2-8-16-28/h3-4,9-12,17H,1-2,5-8,13-16,18H2,(H,27,30)/p+1. The minimum Gasteiger partial charge on any atom is -0.346 e. The summed E-state index contributed by atoms with van der Waals surface area (Å²) in [5.74, 6) is -0.599. The van der Waals surface area contributed by atoms with E-state index in [9.17, 15) is 18.0 Å². The van der Waals surface area contributed by atoms with Gasteiger partial charge in [0.2, 0.25) is 9.84 Å². The highest BCUT2D eigenvalue weighted by molar-refractivity contribution is 7.91. The van der Waals surface area contributed by atoms with Crippen molar-refractivity contribution in [2.75, 3.05) is 19.6 Å². The van der Waals surface area contributed by atoms with E-state index in [2.05, 4.69) is 5.32 Å². The van der Waals surface area contributed by atoms with Crippen LogP contribution in [0.2, 0.25) is 0 Å². The van der Waals surface area contributed by atoms with Gasteiger partial charge >= 0.3 is 0 Å². The van der Waals surface area contributed by atoms with Crippen LogP contribution in [-0.4, -0.2) is 45.3 Å². The topological polar surface area (TPSA) is 84.8 Å². The first kappa shape index (κ1) is 22.3. The molecule has 2 aromatic rings. The Bertz CT molecular complexity index is 1190. The van der Waals surface area contributed by atoms with E-state index >= 15 is 0 Å². The molecular weight excluding hydrogens is 436 g/mol. The molecule has 3 aliphatic rings. The van der Waals surface area contributed by atoms with Crippen molar-refractivity contribution in [1.29, 1.82) is 0 Å². The molecule has 7 heteroatoms. The van der Waals surface area contributed by atoms with E-state index < -0.39 is 9.84 Å². The molecule has 0 unspecified atom stereocenters. The number of fused-ring (bicyclic) bond motifs is 2. The summed E-state index contributed by atoms with van der Waals surface area (Å²) in [4.78, 5) is 27.5. The van der Waals surface area contributed by atoms with E-state index in [1.807, 2.05) is 0 Å². The molecule has 5 rings (SSSR count). The van der Waals surface area contributed by atoms with Crippen LogP contribution < -0.4 is 10.2 Å². The van der Waals surface area contributed by atoms with Gasteiger partial charge in [0.25, 0.3) is 5.91 Å². The second-order valence-corrected chi connectivity index (χ2v) is 11.6. The van der Waals surface area contributed by atoms with Crippen LogP contribution in [0.1, 0.15) is 77.6 Å². The largest absolute Gasteiger partial charge is 0.346 e. The number of benzene rings is 2. The van der Waals surface area contributed by atoms with Gasteiger partial charge in [0.05, 0.1) is 29.4 Å². The minimum atomic E-state index is -3.86. The molecule has 0 aromatic heterocycles.